The summed E-state index contributed by atoms with van der Waals surface area (Å²) >= 11 is 0. The van der Waals surface area contributed by atoms with Crippen LogP contribution in [0.2, 0.25) is 0 Å². The summed E-state index contributed by atoms with van der Waals surface area (Å²) in [5, 5.41) is 2.94. The minimum Gasteiger partial charge on any atom is -0.349 e. The molecule has 1 amide bonds. The largest absolute Gasteiger partial charge is 0.349 e. The zero-order chi connectivity index (χ0) is 17.9. The molecule has 2 aromatic carbocycles. The van der Waals surface area contributed by atoms with Crippen molar-refractivity contribution in [2.45, 2.75) is 23.8 Å². The zero-order valence-corrected chi connectivity index (χ0v) is 14.4. The number of benzene rings is 2. The van der Waals surface area contributed by atoms with Gasteiger partial charge in [0.15, 0.2) is 0 Å². The highest BCUT2D eigenvalue weighted by Crippen LogP contribution is 2.21. The predicted molar refractivity (Wildman–Crippen MR) is 92.1 cm³/mol. The number of halogens is 1. The van der Waals surface area contributed by atoms with Gasteiger partial charge in [-0.05, 0) is 43.2 Å². The zero-order valence-electron chi connectivity index (χ0n) is 13.6. The van der Waals surface area contributed by atoms with Crippen LogP contribution in [0.25, 0.3) is 0 Å². The molecule has 1 aliphatic rings. The van der Waals surface area contributed by atoms with Crippen LogP contribution in [0.1, 0.15) is 23.2 Å². The number of nitrogens with zero attached hydrogens (tertiary/aromatic N) is 1. The number of sulfonamides is 1. The van der Waals surface area contributed by atoms with Gasteiger partial charge in [-0.1, -0.05) is 24.3 Å². The van der Waals surface area contributed by atoms with E-state index in [2.05, 4.69) is 5.32 Å². The Balaban J connectivity index is 1.61. The molecular weight excluding hydrogens is 343 g/mol. The normalized spacial score (nSPS) is 16.5. The van der Waals surface area contributed by atoms with Crippen molar-refractivity contribution in [2.75, 3.05) is 13.1 Å². The summed E-state index contributed by atoms with van der Waals surface area (Å²) in [5.41, 5.74) is 0.581. The monoisotopic (exact) mass is 362 g/mol. The first-order chi connectivity index (χ1) is 12.0. The summed E-state index contributed by atoms with van der Waals surface area (Å²) < 4.78 is 39.8. The van der Waals surface area contributed by atoms with Crippen molar-refractivity contribution in [3.05, 3.63) is 66.0 Å². The summed E-state index contributed by atoms with van der Waals surface area (Å²) in [4.78, 5) is 12.1. The third kappa shape index (κ3) is 4.05. The van der Waals surface area contributed by atoms with Gasteiger partial charge in [-0.15, -0.1) is 0 Å². The molecule has 1 N–H and O–H groups in total. The lowest BCUT2D eigenvalue weighted by Crippen LogP contribution is -2.46. The van der Waals surface area contributed by atoms with Crippen molar-refractivity contribution in [1.29, 1.82) is 0 Å². The van der Waals surface area contributed by atoms with Gasteiger partial charge in [0.25, 0.3) is 5.91 Å². The Morgan fingerprint density at radius 1 is 1.04 bits per heavy atom. The van der Waals surface area contributed by atoms with Crippen LogP contribution in [0.3, 0.4) is 0 Å². The fourth-order valence-electron chi connectivity index (χ4n) is 2.88. The van der Waals surface area contributed by atoms with Gasteiger partial charge in [0.05, 0.1) is 4.90 Å². The van der Waals surface area contributed by atoms with Crippen LogP contribution in [-0.4, -0.2) is 37.8 Å². The van der Waals surface area contributed by atoms with E-state index in [0.29, 0.717) is 31.5 Å². The molecule has 1 heterocycles. The van der Waals surface area contributed by atoms with Gasteiger partial charge < -0.3 is 5.32 Å². The molecule has 132 valence electrons. The summed E-state index contributed by atoms with van der Waals surface area (Å²) in [5.74, 6) is -0.738. The highest BCUT2D eigenvalue weighted by Gasteiger charge is 2.30. The topological polar surface area (TPSA) is 66.5 Å². The van der Waals surface area contributed by atoms with Crippen molar-refractivity contribution in [3.63, 3.8) is 0 Å². The van der Waals surface area contributed by atoms with Gasteiger partial charge in [-0.2, -0.15) is 4.31 Å². The summed E-state index contributed by atoms with van der Waals surface area (Å²) in [6.45, 7) is 0.581. The van der Waals surface area contributed by atoms with Gasteiger partial charge in [-0.25, -0.2) is 12.8 Å². The molecule has 1 aliphatic heterocycles. The lowest BCUT2D eigenvalue weighted by atomic mass is 10.1. The minimum absolute atomic E-state index is 0.0423. The molecule has 0 saturated carbocycles. The molecule has 0 bridgehead atoms. The summed E-state index contributed by atoms with van der Waals surface area (Å²) in [7, 11) is -3.71. The average molecular weight is 362 g/mol. The quantitative estimate of drug-likeness (QED) is 0.908. The Morgan fingerprint density at radius 3 is 2.36 bits per heavy atom. The van der Waals surface area contributed by atoms with Gasteiger partial charge >= 0.3 is 0 Å². The molecule has 2 aromatic rings. The lowest BCUT2D eigenvalue weighted by molar-refractivity contribution is 0.0924. The van der Waals surface area contributed by atoms with Gasteiger partial charge in [0.2, 0.25) is 10.0 Å². The maximum Gasteiger partial charge on any atom is 0.251 e. The highest BCUT2D eigenvalue weighted by molar-refractivity contribution is 7.89. The fourth-order valence-corrected chi connectivity index (χ4v) is 4.38. The van der Waals surface area contributed by atoms with Crippen LogP contribution in [0.4, 0.5) is 4.39 Å². The summed E-state index contributed by atoms with van der Waals surface area (Å²) in [6.07, 6.45) is 1.04. The van der Waals surface area contributed by atoms with E-state index < -0.39 is 15.8 Å². The Hall–Kier alpha value is -2.25. The molecule has 7 heteroatoms. The number of rotatable bonds is 4. The van der Waals surface area contributed by atoms with Crippen LogP contribution < -0.4 is 5.32 Å². The third-order valence-corrected chi connectivity index (χ3v) is 6.15. The Morgan fingerprint density at radius 2 is 1.72 bits per heavy atom. The van der Waals surface area contributed by atoms with Crippen molar-refractivity contribution >= 4 is 15.9 Å². The maximum absolute atomic E-state index is 13.3. The molecule has 0 unspecified atom stereocenters. The van der Waals surface area contributed by atoms with Crippen LogP contribution in [-0.2, 0) is 10.0 Å². The first kappa shape index (κ1) is 17.6. The van der Waals surface area contributed by atoms with Crippen LogP contribution in [0.15, 0.2) is 59.5 Å². The van der Waals surface area contributed by atoms with Crippen molar-refractivity contribution in [3.8, 4) is 0 Å². The molecule has 0 aromatic heterocycles. The smallest absolute Gasteiger partial charge is 0.251 e. The minimum atomic E-state index is -3.71. The number of carbonyl (C=O) groups excluding carboxylic acids is 1. The molecule has 5 nitrogen and oxygen atoms in total. The molecule has 0 atom stereocenters. The van der Waals surface area contributed by atoms with Crippen LogP contribution in [0, 0.1) is 5.82 Å². The van der Waals surface area contributed by atoms with Crippen LogP contribution >= 0.6 is 0 Å². The first-order valence-corrected chi connectivity index (χ1v) is 9.52. The standard InChI is InChI=1S/C18H19FN2O3S/c19-15-7-4-8-17(13-15)25(23,24)21-11-9-16(10-12-21)20-18(22)14-5-2-1-3-6-14/h1-8,13,16H,9-12H2,(H,20,22). The molecular formula is C18H19FN2O3S. The molecule has 3 rings (SSSR count). The van der Waals surface area contributed by atoms with E-state index in [1.165, 1.54) is 22.5 Å². The number of carbonyl (C=O) groups is 1. The van der Waals surface area contributed by atoms with Gasteiger partial charge in [0.1, 0.15) is 5.82 Å². The van der Waals surface area contributed by atoms with E-state index >= 15 is 0 Å². The second kappa shape index (κ2) is 7.33. The number of amides is 1. The van der Waals surface area contributed by atoms with Crippen molar-refractivity contribution in [2.24, 2.45) is 0 Å². The Bertz CT molecular complexity index is 848. The molecule has 0 aliphatic carbocycles. The summed E-state index contributed by atoms with van der Waals surface area (Å²) in [6, 6.07) is 13.8. The fraction of sp³-hybridized carbons (Fsp3) is 0.278. The molecule has 1 fully saturated rings. The molecule has 1 saturated heterocycles. The molecule has 0 radical (unpaired) electrons. The lowest BCUT2D eigenvalue weighted by Gasteiger charge is -2.31. The number of hydrogen-bond donors (Lipinski definition) is 1. The number of hydrogen-bond acceptors (Lipinski definition) is 3. The van der Waals surface area contributed by atoms with E-state index in [-0.39, 0.29) is 16.8 Å². The van der Waals surface area contributed by atoms with Crippen molar-refractivity contribution in [1.82, 2.24) is 9.62 Å². The SMILES string of the molecule is O=C(NC1CCN(S(=O)(=O)c2cccc(F)c2)CC1)c1ccccc1. The van der Waals surface area contributed by atoms with Gasteiger partial charge in [0, 0.05) is 24.7 Å². The predicted octanol–water partition coefficient (Wildman–Crippen LogP) is 2.41. The van der Waals surface area contributed by atoms with Crippen molar-refractivity contribution < 1.29 is 17.6 Å². The Labute approximate surface area is 146 Å². The number of piperidine rings is 1. The first-order valence-electron chi connectivity index (χ1n) is 8.08. The number of nitrogens with one attached hydrogen (secondary N) is 1. The molecule has 0 spiro atoms. The van der Waals surface area contributed by atoms with Crippen LogP contribution in [0.5, 0.6) is 0 Å². The van der Waals surface area contributed by atoms with E-state index in [0.717, 1.165) is 6.07 Å². The van der Waals surface area contributed by atoms with E-state index in [1.54, 1.807) is 24.3 Å². The highest BCUT2D eigenvalue weighted by atomic mass is 32.2. The average Bonchev–Trinajstić information content (AvgIpc) is 2.63. The van der Waals surface area contributed by atoms with Gasteiger partial charge in [-0.3, -0.25) is 4.79 Å². The maximum atomic E-state index is 13.3. The van der Waals surface area contributed by atoms with E-state index in [4.69, 9.17) is 0 Å². The third-order valence-electron chi connectivity index (χ3n) is 4.26. The second-order valence-electron chi connectivity index (χ2n) is 5.98. The second-order valence-corrected chi connectivity index (χ2v) is 7.91. The Kier molecular flexibility index (Phi) is 5.15. The van der Waals surface area contributed by atoms with E-state index in [9.17, 15) is 17.6 Å². The molecule has 25 heavy (non-hydrogen) atoms. The van der Waals surface area contributed by atoms with E-state index in [1.807, 2.05) is 6.07 Å².